The van der Waals surface area contributed by atoms with Crippen LogP contribution in [-0.4, -0.2) is 11.7 Å². The standard InChI is InChI=1S/C11H16BrNO/c1-7-3-4-9(10(12)5-7)11(14)8(2)6-13/h3-5,8,11,14H,6,13H2,1-2H3. The van der Waals surface area contributed by atoms with Crippen LogP contribution < -0.4 is 5.73 Å². The minimum atomic E-state index is -0.491. The smallest absolute Gasteiger partial charge is 0.0838 e. The summed E-state index contributed by atoms with van der Waals surface area (Å²) in [7, 11) is 0. The molecule has 3 N–H and O–H groups in total. The molecule has 1 rings (SSSR count). The highest BCUT2D eigenvalue weighted by Crippen LogP contribution is 2.28. The van der Waals surface area contributed by atoms with Crippen LogP contribution in [0.25, 0.3) is 0 Å². The Bertz CT molecular complexity index is 314. The highest BCUT2D eigenvalue weighted by Gasteiger charge is 2.17. The molecule has 2 unspecified atom stereocenters. The summed E-state index contributed by atoms with van der Waals surface area (Å²) in [4.78, 5) is 0. The fourth-order valence-electron chi connectivity index (χ4n) is 1.31. The van der Waals surface area contributed by atoms with Gasteiger partial charge in [0.05, 0.1) is 6.10 Å². The fourth-order valence-corrected chi connectivity index (χ4v) is 2.04. The molecule has 1 aromatic carbocycles. The average molecular weight is 258 g/mol. The monoisotopic (exact) mass is 257 g/mol. The van der Waals surface area contributed by atoms with Gasteiger partial charge in [0, 0.05) is 4.47 Å². The van der Waals surface area contributed by atoms with Crippen LogP contribution in [0.15, 0.2) is 22.7 Å². The van der Waals surface area contributed by atoms with Crippen LogP contribution in [0, 0.1) is 12.8 Å². The van der Waals surface area contributed by atoms with Crippen LogP contribution in [-0.2, 0) is 0 Å². The Morgan fingerprint density at radius 2 is 2.14 bits per heavy atom. The molecule has 0 bridgehead atoms. The Balaban J connectivity index is 2.95. The Hall–Kier alpha value is -0.380. The first-order valence-corrected chi connectivity index (χ1v) is 5.49. The molecule has 0 radical (unpaired) electrons. The van der Waals surface area contributed by atoms with Crippen molar-refractivity contribution < 1.29 is 5.11 Å². The maximum absolute atomic E-state index is 9.95. The fraction of sp³-hybridized carbons (Fsp3) is 0.455. The summed E-state index contributed by atoms with van der Waals surface area (Å²) in [5, 5.41) is 9.95. The lowest BCUT2D eigenvalue weighted by Gasteiger charge is -2.18. The first-order chi connectivity index (χ1) is 6.56. The first-order valence-electron chi connectivity index (χ1n) is 4.70. The van der Waals surface area contributed by atoms with E-state index in [0.717, 1.165) is 10.0 Å². The molecule has 2 nitrogen and oxygen atoms in total. The van der Waals surface area contributed by atoms with Gasteiger partial charge < -0.3 is 10.8 Å². The van der Waals surface area contributed by atoms with Crippen molar-refractivity contribution in [1.29, 1.82) is 0 Å². The van der Waals surface area contributed by atoms with Gasteiger partial charge in [0.1, 0.15) is 0 Å². The molecular formula is C11H16BrNO. The molecule has 0 fully saturated rings. The summed E-state index contributed by atoms with van der Waals surface area (Å²) in [6, 6.07) is 5.94. The van der Waals surface area contributed by atoms with Gasteiger partial charge in [-0.1, -0.05) is 35.0 Å². The van der Waals surface area contributed by atoms with E-state index in [1.54, 1.807) is 0 Å². The SMILES string of the molecule is Cc1ccc(C(O)C(C)CN)c(Br)c1. The lowest BCUT2D eigenvalue weighted by molar-refractivity contribution is 0.121. The second-order valence-electron chi connectivity index (χ2n) is 3.68. The second-order valence-corrected chi connectivity index (χ2v) is 4.54. The van der Waals surface area contributed by atoms with Crippen molar-refractivity contribution >= 4 is 15.9 Å². The Morgan fingerprint density at radius 3 is 2.64 bits per heavy atom. The molecule has 0 saturated heterocycles. The molecule has 0 heterocycles. The van der Waals surface area contributed by atoms with Crippen LogP contribution in [0.5, 0.6) is 0 Å². The molecule has 1 aromatic rings. The van der Waals surface area contributed by atoms with Gasteiger partial charge >= 0.3 is 0 Å². The van der Waals surface area contributed by atoms with E-state index in [4.69, 9.17) is 5.73 Å². The third kappa shape index (κ3) is 2.56. The van der Waals surface area contributed by atoms with Crippen molar-refractivity contribution in [3.05, 3.63) is 33.8 Å². The Labute approximate surface area is 93.3 Å². The Kier molecular flexibility index (Phi) is 4.11. The topological polar surface area (TPSA) is 46.2 Å². The molecule has 14 heavy (non-hydrogen) atoms. The quantitative estimate of drug-likeness (QED) is 0.874. The summed E-state index contributed by atoms with van der Waals surface area (Å²) in [5.41, 5.74) is 7.60. The van der Waals surface area contributed by atoms with E-state index >= 15 is 0 Å². The normalized spacial score (nSPS) is 15.2. The maximum Gasteiger partial charge on any atom is 0.0838 e. The van der Waals surface area contributed by atoms with Gasteiger partial charge in [-0.3, -0.25) is 0 Å². The predicted octanol–water partition coefficient (Wildman–Crippen LogP) is 2.39. The highest BCUT2D eigenvalue weighted by atomic mass is 79.9. The molecule has 78 valence electrons. The van der Waals surface area contributed by atoms with Crippen LogP contribution in [0.3, 0.4) is 0 Å². The molecule has 0 spiro atoms. The van der Waals surface area contributed by atoms with Crippen LogP contribution >= 0.6 is 15.9 Å². The van der Waals surface area contributed by atoms with Crippen molar-refractivity contribution in [3.8, 4) is 0 Å². The molecule has 0 aliphatic rings. The summed E-state index contributed by atoms with van der Waals surface area (Å²) in [6.45, 7) is 4.45. The van der Waals surface area contributed by atoms with E-state index in [2.05, 4.69) is 15.9 Å². The molecule has 0 aliphatic heterocycles. The van der Waals surface area contributed by atoms with Gasteiger partial charge in [-0.05, 0) is 36.6 Å². The number of halogens is 1. The average Bonchev–Trinajstić information content (AvgIpc) is 2.15. The number of aryl methyl sites for hydroxylation is 1. The van der Waals surface area contributed by atoms with E-state index < -0.39 is 6.10 Å². The summed E-state index contributed by atoms with van der Waals surface area (Å²) < 4.78 is 0.949. The number of hydrogen-bond acceptors (Lipinski definition) is 2. The van der Waals surface area contributed by atoms with Crippen molar-refractivity contribution in [2.75, 3.05) is 6.54 Å². The third-order valence-electron chi connectivity index (χ3n) is 2.39. The zero-order chi connectivity index (χ0) is 10.7. The molecule has 3 heteroatoms. The molecule has 0 aliphatic carbocycles. The van der Waals surface area contributed by atoms with E-state index in [1.807, 2.05) is 32.0 Å². The summed E-state index contributed by atoms with van der Waals surface area (Å²) >= 11 is 3.44. The highest BCUT2D eigenvalue weighted by molar-refractivity contribution is 9.10. The largest absolute Gasteiger partial charge is 0.388 e. The zero-order valence-electron chi connectivity index (χ0n) is 8.50. The number of benzene rings is 1. The van der Waals surface area contributed by atoms with Gasteiger partial charge in [0.25, 0.3) is 0 Å². The van der Waals surface area contributed by atoms with E-state index in [1.165, 1.54) is 5.56 Å². The minimum Gasteiger partial charge on any atom is -0.388 e. The lowest BCUT2D eigenvalue weighted by atomic mass is 9.97. The number of aliphatic hydroxyl groups is 1. The van der Waals surface area contributed by atoms with Crippen LogP contribution in [0.2, 0.25) is 0 Å². The molecule has 0 aromatic heterocycles. The van der Waals surface area contributed by atoms with Gasteiger partial charge in [-0.15, -0.1) is 0 Å². The van der Waals surface area contributed by atoms with Gasteiger partial charge in [0.2, 0.25) is 0 Å². The molecular weight excluding hydrogens is 242 g/mol. The van der Waals surface area contributed by atoms with E-state index in [0.29, 0.717) is 6.54 Å². The minimum absolute atomic E-state index is 0.0778. The summed E-state index contributed by atoms with van der Waals surface area (Å²) in [5.74, 6) is 0.0778. The zero-order valence-corrected chi connectivity index (χ0v) is 10.1. The van der Waals surface area contributed by atoms with Crippen molar-refractivity contribution in [2.24, 2.45) is 11.7 Å². The maximum atomic E-state index is 9.95. The van der Waals surface area contributed by atoms with Crippen LogP contribution in [0.4, 0.5) is 0 Å². The van der Waals surface area contributed by atoms with E-state index in [9.17, 15) is 5.11 Å². The third-order valence-corrected chi connectivity index (χ3v) is 3.07. The van der Waals surface area contributed by atoms with Gasteiger partial charge in [-0.25, -0.2) is 0 Å². The number of nitrogens with two attached hydrogens (primary N) is 1. The number of rotatable bonds is 3. The van der Waals surface area contributed by atoms with Gasteiger partial charge in [-0.2, -0.15) is 0 Å². The number of aliphatic hydroxyl groups excluding tert-OH is 1. The first kappa shape index (κ1) is 11.7. The second kappa shape index (κ2) is 4.91. The van der Waals surface area contributed by atoms with Crippen LogP contribution in [0.1, 0.15) is 24.2 Å². The van der Waals surface area contributed by atoms with E-state index in [-0.39, 0.29) is 5.92 Å². The van der Waals surface area contributed by atoms with Gasteiger partial charge in [0.15, 0.2) is 0 Å². The van der Waals surface area contributed by atoms with Crippen molar-refractivity contribution in [1.82, 2.24) is 0 Å². The predicted molar refractivity (Wildman–Crippen MR) is 62.1 cm³/mol. The number of hydrogen-bond donors (Lipinski definition) is 2. The molecule has 2 atom stereocenters. The van der Waals surface area contributed by atoms with Crippen molar-refractivity contribution in [2.45, 2.75) is 20.0 Å². The Morgan fingerprint density at radius 1 is 1.50 bits per heavy atom. The van der Waals surface area contributed by atoms with Crippen molar-refractivity contribution in [3.63, 3.8) is 0 Å². The lowest BCUT2D eigenvalue weighted by Crippen LogP contribution is -2.19. The summed E-state index contributed by atoms with van der Waals surface area (Å²) in [6.07, 6.45) is -0.491. The molecule has 0 saturated carbocycles. The molecule has 0 amide bonds.